The fourth-order valence-electron chi connectivity index (χ4n) is 3.62. The van der Waals surface area contributed by atoms with Crippen molar-refractivity contribution in [2.75, 3.05) is 7.11 Å². The van der Waals surface area contributed by atoms with Gasteiger partial charge in [0.15, 0.2) is 5.82 Å². The molecule has 33 heavy (non-hydrogen) atoms. The van der Waals surface area contributed by atoms with Gasteiger partial charge in [-0.2, -0.15) is 5.10 Å². The number of methoxy groups -OCH3 is 1. The summed E-state index contributed by atoms with van der Waals surface area (Å²) in [5.74, 6) is 1.63. The molecule has 1 N–H and O–H groups in total. The summed E-state index contributed by atoms with van der Waals surface area (Å²) < 4.78 is 21.4. The molecule has 0 aliphatic rings. The topological polar surface area (TPSA) is 81.5 Å². The van der Waals surface area contributed by atoms with Gasteiger partial charge >= 0.3 is 0 Å². The van der Waals surface area contributed by atoms with Crippen LogP contribution < -0.4 is 4.74 Å². The van der Waals surface area contributed by atoms with E-state index in [2.05, 4.69) is 20.6 Å². The van der Waals surface area contributed by atoms with Crippen molar-refractivity contribution in [2.24, 2.45) is 0 Å². The lowest BCUT2D eigenvalue weighted by Gasteiger charge is -2.10. The monoisotopic (exact) mass is 480 g/mol. The summed E-state index contributed by atoms with van der Waals surface area (Å²) >= 11 is 7.82. The van der Waals surface area contributed by atoms with Gasteiger partial charge in [0.1, 0.15) is 11.6 Å². The van der Waals surface area contributed by atoms with Gasteiger partial charge in [0.25, 0.3) is 0 Å². The summed E-state index contributed by atoms with van der Waals surface area (Å²) in [5.41, 5.74) is 3.45. The third-order valence-electron chi connectivity index (χ3n) is 5.20. The second-order valence-corrected chi connectivity index (χ2v) is 8.77. The maximum atomic E-state index is 14.1. The molecule has 0 aliphatic carbocycles. The molecule has 0 saturated heterocycles. The van der Waals surface area contributed by atoms with E-state index in [0.29, 0.717) is 23.1 Å². The lowest BCUT2D eigenvalue weighted by atomic mass is 10.2. The molecule has 10 heteroatoms. The van der Waals surface area contributed by atoms with Gasteiger partial charge in [0, 0.05) is 32.2 Å². The third kappa shape index (κ3) is 4.55. The number of H-pyrrole nitrogens is 1. The number of rotatable bonds is 7. The number of thioether (sulfide) groups is 1. The van der Waals surface area contributed by atoms with Crippen molar-refractivity contribution in [3.8, 4) is 17.1 Å². The average Bonchev–Trinajstić information content (AvgIpc) is 3.47. The fourth-order valence-corrected chi connectivity index (χ4v) is 4.66. The van der Waals surface area contributed by atoms with E-state index in [0.717, 1.165) is 38.4 Å². The number of aromatic amines is 1. The first-order chi connectivity index (χ1) is 16.1. The van der Waals surface area contributed by atoms with Crippen molar-refractivity contribution < 1.29 is 9.13 Å². The van der Waals surface area contributed by atoms with Crippen LogP contribution in [0.25, 0.3) is 22.3 Å². The third-order valence-corrected chi connectivity index (χ3v) is 6.46. The molecule has 0 radical (unpaired) electrons. The molecule has 0 aliphatic heterocycles. The van der Waals surface area contributed by atoms with Gasteiger partial charge in [0.05, 0.1) is 24.9 Å². The van der Waals surface area contributed by atoms with Crippen LogP contribution in [0.15, 0.2) is 65.6 Å². The van der Waals surface area contributed by atoms with Crippen molar-refractivity contribution >= 4 is 34.3 Å². The van der Waals surface area contributed by atoms with E-state index in [1.54, 1.807) is 31.0 Å². The number of hydrogen-bond acceptors (Lipinski definition) is 6. The highest BCUT2D eigenvalue weighted by molar-refractivity contribution is 7.98. The number of nitrogens with zero attached hydrogens (tertiary/aromatic N) is 5. The summed E-state index contributed by atoms with van der Waals surface area (Å²) in [6.07, 6.45) is 0. The Morgan fingerprint density at radius 2 is 1.94 bits per heavy atom. The molecule has 7 nitrogen and oxygen atoms in total. The Hall–Kier alpha value is -3.43. The predicted molar refractivity (Wildman–Crippen MR) is 126 cm³/mol. The van der Waals surface area contributed by atoms with Crippen molar-refractivity contribution in [1.82, 2.24) is 30.4 Å². The number of tetrazole rings is 1. The standard InChI is InChI=1S/C23H18ClFN6OS/c1-32-22-9-4-16(24)10-15(22)12-31-21-8-5-17(25)11-19(21)20(28-31)13-33-18-6-2-14(3-7-18)23-26-29-30-27-23/h2-11H,12-13H2,1H3,(H,26,27,29,30). The first-order valence-corrected chi connectivity index (χ1v) is 11.4. The van der Waals surface area contributed by atoms with Crippen molar-refractivity contribution in [3.63, 3.8) is 0 Å². The fraction of sp³-hybridized carbons (Fsp3) is 0.130. The first kappa shape index (κ1) is 21.4. The molecule has 166 valence electrons. The molecule has 0 saturated carbocycles. The van der Waals surface area contributed by atoms with Crippen LogP contribution in [0.5, 0.6) is 5.75 Å². The smallest absolute Gasteiger partial charge is 0.179 e. The van der Waals surface area contributed by atoms with E-state index in [1.807, 2.05) is 41.1 Å². The average molecular weight is 481 g/mol. The highest BCUT2D eigenvalue weighted by atomic mass is 35.5. The summed E-state index contributed by atoms with van der Waals surface area (Å²) in [7, 11) is 1.62. The van der Waals surface area contributed by atoms with Crippen molar-refractivity contribution in [2.45, 2.75) is 17.2 Å². The molecule has 0 unspecified atom stereocenters. The Labute approximate surface area is 197 Å². The van der Waals surface area contributed by atoms with E-state index in [1.165, 1.54) is 12.1 Å². The second kappa shape index (κ2) is 9.21. The number of nitrogens with one attached hydrogen (secondary N) is 1. The second-order valence-electron chi connectivity index (χ2n) is 7.28. The quantitative estimate of drug-likeness (QED) is 0.316. The molecule has 5 aromatic rings. The van der Waals surface area contributed by atoms with E-state index in [-0.39, 0.29) is 5.82 Å². The Morgan fingerprint density at radius 3 is 2.70 bits per heavy atom. The minimum atomic E-state index is -0.293. The summed E-state index contributed by atoms with van der Waals surface area (Å²) in [6.45, 7) is 0.455. The maximum Gasteiger partial charge on any atom is 0.179 e. The molecular formula is C23H18ClFN6OS. The minimum absolute atomic E-state index is 0.293. The van der Waals surface area contributed by atoms with Gasteiger partial charge < -0.3 is 4.74 Å². The van der Waals surface area contributed by atoms with E-state index < -0.39 is 0 Å². The van der Waals surface area contributed by atoms with E-state index in [4.69, 9.17) is 21.4 Å². The molecule has 2 heterocycles. The largest absolute Gasteiger partial charge is 0.496 e. The number of fused-ring (bicyclic) bond motifs is 1. The zero-order valence-corrected chi connectivity index (χ0v) is 19.1. The van der Waals surface area contributed by atoms with Crippen molar-refractivity contribution in [1.29, 1.82) is 0 Å². The molecular weight excluding hydrogens is 463 g/mol. The Kier molecular flexibility index (Phi) is 5.97. The summed E-state index contributed by atoms with van der Waals surface area (Å²) in [4.78, 5) is 1.06. The first-order valence-electron chi connectivity index (χ1n) is 10.0. The van der Waals surface area contributed by atoms with Gasteiger partial charge in [-0.3, -0.25) is 4.68 Å². The maximum absolute atomic E-state index is 14.1. The summed E-state index contributed by atoms with van der Waals surface area (Å²) in [6, 6.07) is 18.1. The molecule has 0 atom stereocenters. The van der Waals surface area contributed by atoms with Crippen LogP contribution in [-0.2, 0) is 12.3 Å². The van der Waals surface area contributed by atoms with Crippen LogP contribution in [-0.4, -0.2) is 37.5 Å². The molecule has 0 fully saturated rings. The summed E-state index contributed by atoms with van der Waals surface area (Å²) in [5, 5.41) is 20.1. The molecule has 0 amide bonds. The highest BCUT2D eigenvalue weighted by Gasteiger charge is 2.14. The normalized spacial score (nSPS) is 11.2. The SMILES string of the molecule is COc1ccc(Cl)cc1Cn1nc(CSc2ccc(-c3nnn[nH]3)cc2)c2cc(F)ccc21. The minimum Gasteiger partial charge on any atom is -0.496 e. The number of halogens is 2. The van der Waals surface area contributed by atoms with Crippen LogP contribution in [0.3, 0.4) is 0 Å². The zero-order valence-electron chi connectivity index (χ0n) is 17.5. The van der Waals surface area contributed by atoms with Gasteiger partial charge in [-0.1, -0.05) is 23.7 Å². The Bertz CT molecular complexity index is 1410. The number of ether oxygens (including phenoxy) is 1. The van der Waals surface area contributed by atoms with Crippen LogP contribution in [0, 0.1) is 5.82 Å². The van der Waals surface area contributed by atoms with E-state index >= 15 is 0 Å². The van der Waals surface area contributed by atoms with Crippen LogP contribution in [0.4, 0.5) is 4.39 Å². The van der Waals surface area contributed by atoms with Crippen LogP contribution >= 0.6 is 23.4 Å². The lowest BCUT2D eigenvalue weighted by Crippen LogP contribution is -2.04. The molecule has 3 aromatic carbocycles. The number of aromatic nitrogens is 6. The molecule has 0 bridgehead atoms. The number of hydrogen-bond donors (Lipinski definition) is 1. The van der Waals surface area contributed by atoms with Crippen LogP contribution in [0.2, 0.25) is 5.02 Å². The number of benzene rings is 3. The van der Waals surface area contributed by atoms with Gasteiger partial charge in [-0.15, -0.1) is 16.9 Å². The van der Waals surface area contributed by atoms with Gasteiger partial charge in [-0.25, -0.2) is 9.49 Å². The predicted octanol–water partition coefficient (Wildman–Crippen LogP) is 5.36. The molecule has 5 rings (SSSR count). The Balaban J connectivity index is 1.42. The van der Waals surface area contributed by atoms with Crippen molar-refractivity contribution in [3.05, 3.63) is 82.8 Å². The lowest BCUT2D eigenvalue weighted by molar-refractivity contribution is 0.407. The van der Waals surface area contributed by atoms with Gasteiger partial charge in [0.2, 0.25) is 0 Å². The van der Waals surface area contributed by atoms with Crippen LogP contribution in [0.1, 0.15) is 11.3 Å². The zero-order chi connectivity index (χ0) is 22.8. The van der Waals surface area contributed by atoms with Gasteiger partial charge in [-0.05, 0) is 59.0 Å². The highest BCUT2D eigenvalue weighted by Crippen LogP contribution is 2.30. The molecule has 2 aromatic heterocycles. The molecule has 0 spiro atoms. The Morgan fingerprint density at radius 1 is 1.09 bits per heavy atom. The van der Waals surface area contributed by atoms with E-state index in [9.17, 15) is 4.39 Å².